The minimum Gasteiger partial charge on any atom is -0.493 e. The zero-order chi connectivity index (χ0) is 16.7. The first-order chi connectivity index (χ1) is 11.5. The second-order valence-corrected chi connectivity index (χ2v) is 7.35. The molecule has 1 aliphatic rings. The van der Waals surface area contributed by atoms with Crippen LogP contribution >= 0.6 is 0 Å². The number of para-hydroxylation sites is 1. The molecule has 7 nitrogen and oxygen atoms in total. The van der Waals surface area contributed by atoms with Gasteiger partial charge in [-0.2, -0.15) is 0 Å². The van der Waals surface area contributed by atoms with E-state index in [0.29, 0.717) is 29.8 Å². The number of aromatic nitrogens is 2. The summed E-state index contributed by atoms with van der Waals surface area (Å²) in [6, 6.07) is 11.5. The third kappa shape index (κ3) is 2.59. The molecule has 1 aliphatic heterocycles. The van der Waals surface area contributed by atoms with Gasteiger partial charge < -0.3 is 14.7 Å². The number of H-pyrrole nitrogens is 2. The van der Waals surface area contributed by atoms with Gasteiger partial charge in [0.2, 0.25) is 10.0 Å². The number of ether oxygens (including phenoxy) is 1. The molecular formula is C16H15N3O4S. The molecule has 0 amide bonds. The maximum Gasteiger partial charge on any atom is 0.323 e. The van der Waals surface area contributed by atoms with E-state index in [1.165, 1.54) is 12.1 Å². The predicted molar refractivity (Wildman–Crippen MR) is 88.5 cm³/mol. The highest BCUT2D eigenvalue weighted by molar-refractivity contribution is 7.89. The fraction of sp³-hybridized carbons (Fsp3) is 0.188. The topological polar surface area (TPSA) is 104 Å². The average molecular weight is 345 g/mol. The van der Waals surface area contributed by atoms with Crippen molar-refractivity contribution in [1.82, 2.24) is 14.7 Å². The van der Waals surface area contributed by atoms with E-state index in [0.717, 1.165) is 5.56 Å². The minimum absolute atomic E-state index is 0.106. The van der Waals surface area contributed by atoms with Gasteiger partial charge in [0.15, 0.2) is 0 Å². The van der Waals surface area contributed by atoms with Gasteiger partial charge >= 0.3 is 5.69 Å². The summed E-state index contributed by atoms with van der Waals surface area (Å²) in [7, 11) is -3.73. The Bertz CT molecular complexity index is 1070. The Morgan fingerprint density at radius 2 is 1.88 bits per heavy atom. The number of hydrogen-bond acceptors (Lipinski definition) is 4. The van der Waals surface area contributed by atoms with Crippen LogP contribution in [-0.4, -0.2) is 25.0 Å². The van der Waals surface area contributed by atoms with Crippen molar-refractivity contribution in [3.8, 4) is 5.75 Å². The Morgan fingerprint density at radius 3 is 2.75 bits per heavy atom. The van der Waals surface area contributed by atoms with Crippen molar-refractivity contribution in [2.45, 2.75) is 17.4 Å². The Balaban J connectivity index is 1.69. The van der Waals surface area contributed by atoms with Crippen LogP contribution < -0.4 is 15.1 Å². The number of hydrogen-bond donors (Lipinski definition) is 3. The molecule has 0 saturated heterocycles. The minimum atomic E-state index is -3.73. The lowest BCUT2D eigenvalue weighted by atomic mass is 10.0. The largest absolute Gasteiger partial charge is 0.493 e. The van der Waals surface area contributed by atoms with Crippen LogP contribution in [0.5, 0.6) is 5.75 Å². The van der Waals surface area contributed by atoms with Gasteiger partial charge in [-0.05, 0) is 24.3 Å². The molecule has 2 aromatic carbocycles. The molecule has 4 rings (SSSR count). The summed E-state index contributed by atoms with van der Waals surface area (Å²) in [6.07, 6.45) is 0.555. The molecule has 0 radical (unpaired) electrons. The lowest BCUT2D eigenvalue weighted by Crippen LogP contribution is -2.32. The summed E-state index contributed by atoms with van der Waals surface area (Å²) in [6.45, 7) is 0.453. The first-order valence-corrected chi connectivity index (χ1v) is 8.97. The Labute approximate surface area is 137 Å². The van der Waals surface area contributed by atoms with Crippen molar-refractivity contribution in [3.05, 3.63) is 58.5 Å². The van der Waals surface area contributed by atoms with Crippen LogP contribution in [0.1, 0.15) is 18.0 Å². The number of fused-ring (bicyclic) bond motifs is 2. The van der Waals surface area contributed by atoms with E-state index >= 15 is 0 Å². The lowest BCUT2D eigenvalue weighted by Gasteiger charge is -2.26. The van der Waals surface area contributed by atoms with Crippen LogP contribution in [-0.2, 0) is 10.0 Å². The monoisotopic (exact) mass is 345 g/mol. The van der Waals surface area contributed by atoms with Gasteiger partial charge in [0.05, 0.1) is 28.6 Å². The van der Waals surface area contributed by atoms with Gasteiger partial charge in [0.25, 0.3) is 0 Å². The second-order valence-electron chi connectivity index (χ2n) is 5.64. The quantitative estimate of drug-likeness (QED) is 0.671. The molecule has 0 saturated carbocycles. The maximum atomic E-state index is 12.7. The van der Waals surface area contributed by atoms with Crippen LogP contribution in [0.4, 0.5) is 0 Å². The van der Waals surface area contributed by atoms with Crippen LogP contribution in [0.3, 0.4) is 0 Å². The number of aromatic amines is 2. The van der Waals surface area contributed by atoms with E-state index in [4.69, 9.17) is 4.74 Å². The molecule has 1 unspecified atom stereocenters. The fourth-order valence-corrected chi connectivity index (χ4v) is 4.17. The van der Waals surface area contributed by atoms with Crippen molar-refractivity contribution in [2.75, 3.05) is 6.61 Å². The summed E-state index contributed by atoms with van der Waals surface area (Å²) in [5, 5.41) is 0. The van der Waals surface area contributed by atoms with E-state index in [1.54, 1.807) is 6.07 Å². The molecule has 0 fully saturated rings. The number of imidazole rings is 1. The van der Waals surface area contributed by atoms with E-state index in [-0.39, 0.29) is 16.6 Å². The van der Waals surface area contributed by atoms with Gasteiger partial charge in [0.1, 0.15) is 5.75 Å². The summed E-state index contributed by atoms with van der Waals surface area (Å²) >= 11 is 0. The molecule has 124 valence electrons. The molecule has 1 atom stereocenters. The molecule has 2 heterocycles. The SMILES string of the molecule is O=c1[nH]c2ccc(S(=O)(=O)NC3CCOc4ccccc43)cc2[nH]1. The number of benzene rings is 2. The van der Waals surface area contributed by atoms with Crippen LogP contribution in [0.2, 0.25) is 0 Å². The first-order valence-electron chi connectivity index (χ1n) is 7.49. The molecule has 8 heteroatoms. The molecule has 3 aromatic rings. The molecule has 3 N–H and O–H groups in total. The van der Waals surface area contributed by atoms with E-state index < -0.39 is 10.0 Å². The highest BCUT2D eigenvalue weighted by Gasteiger charge is 2.26. The van der Waals surface area contributed by atoms with Gasteiger partial charge in [0, 0.05) is 12.0 Å². The van der Waals surface area contributed by atoms with Gasteiger partial charge in [-0.25, -0.2) is 17.9 Å². The molecule has 24 heavy (non-hydrogen) atoms. The van der Waals surface area contributed by atoms with E-state index in [2.05, 4.69) is 14.7 Å². The van der Waals surface area contributed by atoms with Gasteiger partial charge in [-0.15, -0.1) is 0 Å². The third-order valence-corrected chi connectivity index (χ3v) is 5.52. The summed E-state index contributed by atoms with van der Waals surface area (Å²) in [5.74, 6) is 0.696. The maximum absolute atomic E-state index is 12.7. The Kier molecular flexibility index (Phi) is 3.43. The van der Waals surface area contributed by atoms with Crippen LogP contribution in [0.25, 0.3) is 11.0 Å². The third-order valence-electron chi connectivity index (χ3n) is 4.05. The Hall–Kier alpha value is -2.58. The average Bonchev–Trinajstić information content (AvgIpc) is 2.94. The predicted octanol–water partition coefficient (Wildman–Crippen LogP) is 1.66. The van der Waals surface area contributed by atoms with E-state index in [9.17, 15) is 13.2 Å². The Morgan fingerprint density at radius 1 is 1.08 bits per heavy atom. The zero-order valence-electron chi connectivity index (χ0n) is 12.6. The number of sulfonamides is 1. The van der Waals surface area contributed by atoms with Crippen molar-refractivity contribution in [2.24, 2.45) is 0 Å². The van der Waals surface area contributed by atoms with E-state index in [1.807, 2.05) is 24.3 Å². The lowest BCUT2D eigenvalue weighted by molar-refractivity contribution is 0.263. The van der Waals surface area contributed by atoms with Crippen molar-refractivity contribution in [1.29, 1.82) is 0 Å². The second kappa shape index (κ2) is 5.50. The summed E-state index contributed by atoms with van der Waals surface area (Å²) in [4.78, 5) is 16.6. The highest BCUT2D eigenvalue weighted by atomic mass is 32.2. The van der Waals surface area contributed by atoms with Crippen molar-refractivity contribution < 1.29 is 13.2 Å². The molecule has 0 spiro atoms. The standard InChI is InChI=1S/C16H15N3O4S/c20-16-17-13-6-5-10(9-14(13)18-16)24(21,22)19-12-7-8-23-15-4-2-1-3-11(12)15/h1-6,9,12,19H,7-8H2,(H2,17,18,20). The van der Waals surface area contributed by atoms with Crippen LogP contribution in [0, 0.1) is 0 Å². The zero-order valence-corrected chi connectivity index (χ0v) is 13.4. The highest BCUT2D eigenvalue weighted by Crippen LogP contribution is 2.32. The summed E-state index contributed by atoms with van der Waals surface area (Å²) in [5.41, 5.74) is 1.47. The smallest absolute Gasteiger partial charge is 0.323 e. The molecular weight excluding hydrogens is 330 g/mol. The first kappa shape index (κ1) is 15.0. The van der Waals surface area contributed by atoms with Crippen LogP contribution in [0.15, 0.2) is 52.2 Å². The van der Waals surface area contributed by atoms with Crippen molar-refractivity contribution in [3.63, 3.8) is 0 Å². The molecule has 0 aliphatic carbocycles. The van der Waals surface area contributed by atoms with Crippen molar-refractivity contribution >= 4 is 21.1 Å². The van der Waals surface area contributed by atoms with Gasteiger partial charge in [-0.3, -0.25) is 0 Å². The fourth-order valence-electron chi connectivity index (χ4n) is 2.90. The molecule has 1 aromatic heterocycles. The summed E-state index contributed by atoms with van der Waals surface area (Å²) < 4.78 is 33.7. The number of rotatable bonds is 3. The normalized spacial score (nSPS) is 17.4. The van der Waals surface area contributed by atoms with Gasteiger partial charge in [-0.1, -0.05) is 18.2 Å². The number of nitrogens with one attached hydrogen (secondary N) is 3. The molecule has 0 bridgehead atoms.